The summed E-state index contributed by atoms with van der Waals surface area (Å²) in [7, 11) is -1.35. The highest BCUT2D eigenvalue weighted by atomic mass is 32.2. The molecule has 0 aromatic carbocycles. The molecule has 0 aliphatic carbocycles. The molecule has 18 heavy (non-hydrogen) atoms. The Balaban J connectivity index is 4.12. The lowest BCUT2D eigenvalue weighted by Gasteiger charge is -2.28. The molecule has 0 bridgehead atoms. The van der Waals surface area contributed by atoms with Gasteiger partial charge in [-0.1, -0.05) is 13.8 Å². The summed E-state index contributed by atoms with van der Waals surface area (Å²) >= 11 is 0. The van der Waals surface area contributed by atoms with E-state index in [1.165, 1.54) is 0 Å². The van der Waals surface area contributed by atoms with E-state index in [2.05, 4.69) is 0 Å². The summed E-state index contributed by atoms with van der Waals surface area (Å²) in [6.07, 6.45) is -0.111. The van der Waals surface area contributed by atoms with Crippen LogP contribution in [0.1, 0.15) is 20.3 Å². The third-order valence-electron chi connectivity index (χ3n) is 2.69. The third-order valence-corrected chi connectivity index (χ3v) is 4.32. The molecule has 0 fully saturated rings. The van der Waals surface area contributed by atoms with Gasteiger partial charge in [0.25, 0.3) is 0 Å². The number of rotatable bonds is 9. The van der Waals surface area contributed by atoms with Crippen LogP contribution in [0.4, 0.5) is 0 Å². The molecule has 0 saturated carbocycles. The van der Waals surface area contributed by atoms with Crippen LogP contribution in [0.15, 0.2) is 0 Å². The van der Waals surface area contributed by atoms with Crippen LogP contribution in [0.25, 0.3) is 0 Å². The first-order valence-corrected chi connectivity index (χ1v) is 7.77. The molecule has 108 valence electrons. The van der Waals surface area contributed by atoms with Crippen LogP contribution in [-0.2, 0) is 14.6 Å². The van der Waals surface area contributed by atoms with Gasteiger partial charge in [0.2, 0.25) is 5.91 Å². The van der Waals surface area contributed by atoms with Crippen LogP contribution < -0.4 is 11.5 Å². The zero-order valence-corrected chi connectivity index (χ0v) is 12.3. The second-order valence-electron chi connectivity index (χ2n) is 5.47. The van der Waals surface area contributed by atoms with Gasteiger partial charge in [0, 0.05) is 19.5 Å². The van der Waals surface area contributed by atoms with E-state index in [0.29, 0.717) is 13.1 Å². The molecule has 0 spiro atoms. The average Bonchev–Trinajstić information content (AvgIpc) is 2.24. The number of nitrogens with two attached hydrogens (primary N) is 2. The first kappa shape index (κ1) is 17.3. The topological polar surface area (TPSA) is 106 Å². The zero-order valence-electron chi connectivity index (χ0n) is 11.5. The molecular weight excluding hydrogens is 254 g/mol. The second kappa shape index (κ2) is 7.06. The number of sulfone groups is 1. The maximum absolute atomic E-state index is 11.6. The third kappa shape index (κ3) is 8.43. The SMILES string of the molecule is CN(CCS(=O)(=O)CCC(N)=O)CC(C)(C)CN. The fraction of sp³-hybridized carbons (Fsp3) is 0.909. The van der Waals surface area contributed by atoms with E-state index >= 15 is 0 Å². The minimum Gasteiger partial charge on any atom is -0.370 e. The van der Waals surface area contributed by atoms with E-state index in [4.69, 9.17) is 11.5 Å². The average molecular weight is 279 g/mol. The number of amides is 1. The lowest BCUT2D eigenvalue weighted by Crippen LogP contribution is -2.38. The number of carbonyl (C=O) groups excluding carboxylic acids is 1. The smallest absolute Gasteiger partial charge is 0.218 e. The fourth-order valence-electron chi connectivity index (χ4n) is 1.53. The van der Waals surface area contributed by atoms with Crippen LogP contribution in [0.3, 0.4) is 0 Å². The summed E-state index contributed by atoms with van der Waals surface area (Å²) in [5.41, 5.74) is 10.5. The van der Waals surface area contributed by atoms with Crippen LogP contribution in [0, 0.1) is 5.41 Å². The van der Waals surface area contributed by atoms with Crippen molar-refractivity contribution in [3.05, 3.63) is 0 Å². The van der Waals surface area contributed by atoms with Gasteiger partial charge in [-0.3, -0.25) is 4.79 Å². The second-order valence-corrected chi connectivity index (χ2v) is 7.78. The highest BCUT2D eigenvalue weighted by molar-refractivity contribution is 7.91. The van der Waals surface area contributed by atoms with E-state index in [1.54, 1.807) is 0 Å². The first-order chi connectivity index (χ1) is 8.08. The molecule has 0 atom stereocenters. The number of hydrogen-bond acceptors (Lipinski definition) is 5. The van der Waals surface area contributed by atoms with Crippen molar-refractivity contribution in [2.75, 3.05) is 38.2 Å². The van der Waals surface area contributed by atoms with Crippen LogP contribution >= 0.6 is 0 Å². The van der Waals surface area contributed by atoms with Gasteiger partial charge >= 0.3 is 0 Å². The molecule has 0 saturated heterocycles. The summed E-state index contributed by atoms with van der Waals surface area (Å²) in [5.74, 6) is -0.718. The van der Waals surface area contributed by atoms with Gasteiger partial charge in [0.15, 0.2) is 9.84 Å². The van der Waals surface area contributed by atoms with Gasteiger partial charge in [0.1, 0.15) is 0 Å². The van der Waals surface area contributed by atoms with Crippen molar-refractivity contribution in [1.29, 1.82) is 0 Å². The molecule has 0 aromatic rings. The molecular formula is C11H25N3O3S. The fourth-order valence-corrected chi connectivity index (χ4v) is 2.83. The van der Waals surface area contributed by atoms with E-state index < -0.39 is 15.7 Å². The van der Waals surface area contributed by atoms with Crippen molar-refractivity contribution in [1.82, 2.24) is 4.90 Å². The summed E-state index contributed by atoms with van der Waals surface area (Å²) in [5, 5.41) is 0. The Bertz CT molecular complexity index is 366. The van der Waals surface area contributed by atoms with Crippen molar-refractivity contribution >= 4 is 15.7 Å². The quantitative estimate of drug-likeness (QED) is 0.574. The largest absolute Gasteiger partial charge is 0.370 e. The zero-order chi connectivity index (χ0) is 14.4. The number of carbonyl (C=O) groups is 1. The Labute approximate surface area is 110 Å². The Kier molecular flexibility index (Phi) is 6.80. The first-order valence-electron chi connectivity index (χ1n) is 5.95. The molecule has 0 aromatic heterocycles. The molecule has 0 aliphatic rings. The van der Waals surface area contributed by atoms with Crippen molar-refractivity contribution in [3.8, 4) is 0 Å². The lowest BCUT2D eigenvalue weighted by molar-refractivity contribution is -0.117. The Morgan fingerprint density at radius 1 is 1.28 bits per heavy atom. The highest BCUT2D eigenvalue weighted by Gasteiger charge is 2.19. The summed E-state index contributed by atoms with van der Waals surface area (Å²) in [6, 6.07) is 0. The van der Waals surface area contributed by atoms with Crippen molar-refractivity contribution in [2.45, 2.75) is 20.3 Å². The highest BCUT2D eigenvalue weighted by Crippen LogP contribution is 2.13. The normalized spacial score (nSPS) is 12.9. The van der Waals surface area contributed by atoms with Crippen molar-refractivity contribution < 1.29 is 13.2 Å². The molecule has 0 radical (unpaired) electrons. The summed E-state index contributed by atoms with van der Waals surface area (Å²) in [4.78, 5) is 12.5. The van der Waals surface area contributed by atoms with Gasteiger partial charge in [0.05, 0.1) is 11.5 Å². The van der Waals surface area contributed by atoms with Gasteiger partial charge in [-0.25, -0.2) is 8.42 Å². The molecule has 1 amide bonds. The molecule has 6 nitrogen and oxygen atoms in total. The van der Waals surface area contributed by atoms with E-state index in [9.17, 15) is 13.2 Å². The monoisotopic (exact) mass is 279 g/mol. The van der Waals surface area contributed by atoms with Crippen LogP contribution in [-0.4, -0.2) is 57.4 Å². The van der Waals surface area contributed by atoms with E-state index in [0.717, 1.165) is 6.54 Å². The van der Waals surface area contributed by atoms with E-state index in [-0.39, 0.29) is 23.3 Å². The number of nitrogens with zero attached hydrogens (tertiary/aromatic N) is 1. The standard InChI is InChI=1S/C11H25N3O3S/c1-11(2,8-12)9-14(3)5-7-18(16,17)6-4-10(13)15/h4-9,12H2,1-3H3,(H2,13,15). The predicted molar refractivity (Wildman–Crippen MR) is 72.8 cm³/mol. The van der Waals surface area contributed by atoms with Gasteiger partial charge in [-0.15, -0.1) is 0 Å². The Morgan fingerprint density at radius 2 is 1.83 bits per heavy atom. The molecule has 4 N–H and O–H groups in total. The number of primary amides is 1. The molecule has 0 heterocycles. The number of hydrogen-bond donors (Lipinski definition) is 2. The summed E-state index contributed by atoms with van der Waals surface area (Å²) < 4.78 is 23.2. The minimum atomic E-state index is -3.21. The maximum Gasteiger partial charge on any atom is 0.218 e. The Hall–Kier alpha value is -0.660. The van der Waals surface area contributed by atoms with Crippen LogP contribution in [0.5, 0.6) is 0 Å². The van der Waals surface area contributed by atoms with Gasteiger partial charge in [-0.2, -0.15) is 0 Å². The molecule has 0 rings (SSSR count). The lowest BCUT2D eigenvalue weighted by atomic mass is 9.93. The maximum atomic E-state index is 11.6. The van der Waals surface area contributed by atoms with Crippen LogP contribution in [0.2, 0.25) is 0 Å². The predicted octanol–water partition coefficient (Wildman–Crippen LogP) is -0.807. The van der Waals surface area contributed by atoms with E-state index in [1.807, 2.05) is 25.8 Å². The minimum absolute atomic E-state index is 0.0360. The van der Waals surface area contributed by atoms with Crippen molar-refractivity contribution in [2.24, 2.45) is 16.9 Å². The summed E-state index contributed by atoms with van der Waals surface area (Å²) in [6.45, 7) is 5.78. The molecule has 0 unspecified atom stereocenters. The Morgan fingerprint density at radius 3 is 2.28 bits per heavy atom. The molecule has 0 aliphatic heterocycles. The van der Waals surface area contributed by atoms with Gasteiger partial charge < -0.3 is 16.4 Å². The van der Waals surface area contributed by atoms with Gasteiger partial charge in [-0.05, 0) is 19.0 Å². The molecule has 7 heteroatoms. The van der Waals surface area contributed by atoms with Crippen molar-refractivity contribution in [3.63, 3.8) is 0 Å².